The van der Waals surface area contributed by atoms with Crippen molar-refractivity contribution in [2.24, 2.45) is 5.92 Å². The monoisotopic (exact) mass is 241 g/mol. The van der Waals surface area contributed by atoms with E-state index in [4.69, 9.17) is 0 Å². The van der Waals surface area contributed by atoms with Crippen LogP contribution in [0.5, 0.6) is 0 Å². The van der Waals surface area contributed by atoms with E-state index in [-0.39, 0.29) is 0 Å². The minimum Gasteiger partial charge on any atom is -0.387 e. The molecule has 2 aromatic rings. The van der Waals surface area contributed by atoms with Crippen molar-refractivity contribution in [2.75, 3.05) is 13.1 Å². The van der Waals surface area contributed by atoms with E-state index in [1.54, 1.807) is 0 Å². The van der Waals surface area contributed by atoms with Crippen LogP contribution in [0.4, 0.5) is 0 Å². The van der Waals surface area contributed by atoms with E-state index >= 15 is 0 Å². The molecule has 2 nitrogen and oxygen atoms in total. The van der Waals surface area contributed by atoms with E-state index in [1.165, 1.54) is 23.6 Å². The van der Waals surface area contributed by atoms with Gasteiger partial charge in [-0.05, 0) is 47.7 Å². The molecule has 1 atom stereocenters. The first-order valence-electron chi connectivity index (χ1n) is 6.70. The molecule has 1 aliphatic rings. The van der Waals surface area contributed by atoms with Gasteiger partial charge < -0.3 is 10.4 Å². The van der Waals surface area contributed by atoms with Crippen molar-refractivity contribution in [3.05, 3.63) is 48.0 Å². The molecule has 3 rings (SSSR count). The molecule has 2 aromatic carbocycles. The Balaban J connectivity index is 1.67. The van der Waals surface area contributed by atoms with Gasteiger partial charge in [-0.3, -0.25) is 0 Å². The molecule has 1 saturated carbocycles. The van der Waals surface area contributed by atoms with Gasteiger partial charge in [0.05, 0.1) is 6.10 Å². The summed E-state index contributed by atoms with van der Waals surface area (Å²) in [7, 11) is 0. The van der Waals surface area contributed by atoms with E-state index < -0.39 is 6.10 Å². The molecule has 0 aromatic heterocycles. The van der Waals surface area contributed by atoms with Crippen LogP contribution in [0.15, 0.2) is 42.5 Å². The van der Waals surface area contributed by atoms with Gasteiger partial charge in [-0.25, -0.2) is 0 Å². The third kappa shape index (κ3) is 2.71. The van der Waals surface area contributed by atoms with Crippen LogP contribution in [-0.4, -0.2) is 18.2 Å². The molecule has 0 amide bonds. The van der Waals surface area contributed by atoms with Crippen LogP contribution in [0.25, 0.3) is 10.8 Å². The van der Waals surface area contributed by atoms with Crippen molar-refractivity contribution in [3.8, 4) is 0 Å². The van der Waals surface area contributed by atoms with Crippen molar-refractivity contribution in [1.29, 1.82) is 0 Å². The fraction of sp³-hybridized carbons (Fsp3) is 0.375. The molecule has 2 heteroatoms. The second kappa shape index (κ2) is 5.09. The van der Waals surface area contributed by atoms with Gasteiger partial charge in [0.2, 0.25) is 0 Å². The van der Waals surface area contributed by atoms with Crippen molar-refractivity contribution in [1.82, 2.24) is 5.32 Å². The second-order valence-corrected chi connectivity index (χ2v) is 5.22. The Morgan fingerprint density at radius 3 is 2.67 bits per heavy atom. The van der Waals surface area contributed by atoms with E-state index in [9.17, 15) is 5.11 Å². The summed E-state index contributed by atoms with van der Waals surface area (Å²) in [6.45, 7) is 1.69. The fourth-order valence-corrected chi connectivity index (χ4v) is 2.28. The molecule has 1 aliphatic carbocycles. The maximum absolute atomic E-state index is 10.2. The number of hydrogen-bond acceptors (Lipinski definition) is 2. The Morgan fingerprint density at radius 2 is 1.89 bits per heavy atom. The molecule has 0 radical (unpaired) electrons. The number of aliphatic hydroxyl groups excluding tert-OH is 1. The summed E-state index contributed by atoms with van der Waals surface area (Å²) in [6.07, 6.45) is 2.28. The van der Waals surface area contributed by atoms with Crippen molar-refractivity contribution >= 4 is 10.8 Å². The Hall–Kier alpha value is -1.38. The van der Waals surface area contributed by atoms with Gasteiger partial charge in [-0.15, -0.1) is 0 Å². The molecule has 0 heterocycles. The van der Waals surface area contributed by atoms with Crippen molar-refractivity contribution < 1.29 is 5.11 Å². The van der Waals surface area contributed by atoms with Gasteiger partial charge in [0.25, 0.3) is 0 Å². The number of fused-ring (bicyclic) bond motifs is 1. The molecule has 1 unspecified atom stereocenters. The molecule has 0 saturated heterocycles. The SMILES string of the molecule is OC(CNCC1CC1)c1ccc2ccccc2c1. The predicted molar refractivity (Wildman–Crippen MR) is 74.5 cm³/mol. The quantitative estimate of drug-likeness (QED) is 0.843. The number of benzene rings is 2. The summed E-state index contributed by atoms with van der Waals surface area (Å²) in [6, 6.07) is 14.4. The Bertz CT molecular complexity index is 533. The molecular formula is C16H19NO. The normalized spacial score (nSPS) is 16.9. The Labute approximate surface area is 108 Å². The second-order valence-electron chi connectivity index (χ2n) is 5.22. The summed E-state index contributed by atoms with van der Waals surface area (Å²) in [5.74, 6) is 0.855. The van der Waals surface area contributed by atoms with Gasteiger partial charge in [-0.1, -0.05) is 36.4 Å². The zero-order chi connectivity index (χ0) is 12.4. The van der Waals surface area contributed by atoms with Gasteiger partial charge in [0.1, 0.15) is 0 Å². The highest BCUT2D eigenvalue weighted by molar-refractivity contribution is 5.83. The minimum absolute atomic E-state index is 0.409. The maximum Gasteiger partial charge on any atom is 0.0914 e. The third-order valence-corrected chi connectivity index (χ3v) is 3.63. The van der Waals surface area contributed by atoms with Gasteiger partial charge in [0, 0.05) is 6.54 Å². The van der Waals surface area contributed by atoms with Crippen LogP contribution >= 0.6 is 0 Å². The molecule has 94 valence electrons. The molecule has 0 aliphatic heterocycles. The van der Waals surface area contributed by atoms with Crippen LogP contribution < -0.4 is 5.32 Å². The third-order valence-electron chi connectivity index (χ3n) is 3.63. The number of rotatable bonds is 5. The molecular weight excluding hydrogens is 222 g/mol. The minimum atomic E-state index is -0.409. The lowest BCUT2D eigenvalue weighted by Crippen LogP contribution is -2.23. The van der Waals surface area contributed by atoms with E-state index in [0.717, 1.165) is 18.0 Å². The van der Waals surface area contributed by atoms with Crippen molar-refractivity contribution in [2.45, 2.75) is 18.9 Å². The molecule has 2 N–H and O–H groups in total. The predicted octanol–water partition coefficient (Wildman–Crippen LogP) is 2.87. The first-order valence-corrected chi connectivity index (χ1v) is 6.70. The number of nitrogens with one attached hydrogen (secondary N) is 1. The zero-order valence-corrected chi connectivity index (χ0v) is 10.5. The largest absolute Gasteiger partial charge is 0.387 e. The van der Waals surface area contributed by atoms with Crippen LogP contribution in [0.1, 0.15) is 24.5 Å². The highest BCUT2D eigenvalue weighted by Crippen LogP contribution is 2.27. The smallest absolute Gasteiger partial charge is 0.0914 e. The average molecular weight is 241 g/mol. The van der Waals surface area contributed by atoms with Crippen molar-refractivity contribution in [3.63, 3.8) is 0 Å². The first-order chi connectivity index (χ1) is 8.83. The van der Waals surface area contributed by atoms with E-state index in [0.29, 0.717) is 6.54 Å². The fourth-order valence-electron chi connectivity index (χ4n) is 2.28. The number of aliphatic hydroxyl groups is 1. The van der Waals surface area contributed by atoms with Crippen LogP contribution in [0.3, 0.4) is 0 Å². The van der Waals surface area contributed by atoms with Gasteiger partial charge in [0.15, 0.2) is 0 Å². The Morgan fingerprint density at radius 1 is 1.11 bits per heavy atom. The molecule has 0 spiro atoms. The van der Waals surface area contributed by atoms with Gasteiger partial charge >= 0.3 is 0 Å². The lowest BCUT2D eigenvalue weighted by Gasteiger charge is -2.12. The summed E-state index contributed by atoms with van der Waals surface area (Å²) < 4.78 is 0. The summed E-state index contributed by atoms with van der Waals surface area (Å²) >= 11 is 0. The maximum atomic E-state index is 10.2. The Kier molecular flexibility index (Phi) is 3.31. The lowest BCUT2D eigenvalue weighted by molar-refractivity contribution is 0.174. The molecule has 1 fully saturated rings. The summed E-state index contributed by atoms with van der Waals surface area (Å²) in [4.78, 5) is 0. The summed E-state index contributed by atoms with van der Waals surface area (Å²) in [5.41, 5.74) is 0.997. The van der Waals surface area contributed by atoms with Crippen LogP contribution in [-0.2, 0) is 0 Å². The molecule has 0 bridgehead atoms. The van der Waals surface area contributed by atoms with Crippen LogP contribution in [0, 0.1) is 5.92 Å². The van der Waals surface area contributed by atoms with E-state index in [2.05, 4.69) is 29.6 Å². The highest BCUT2D eigenvalue weighted by Gasteiger charge is 2.20. The summed E-state index contributed by atoms with van der Waals surface area (Å²) in [5, 5.41) is 15.9. The number of hydrogen-bond donors (Lipinski definition) is 2. The van der Waals surface area contributed by atoms with Gasteiger partial charge in [-0.2, -0.15) is 0 Å². The average Bonchev–Trinajstić information content (AvgIpc) is 3.22. The first kappa shape index (κ1) is 11.7. The van der Waals surface area contributed by atoms with Crippen LogP contribution in [0.2, 0.25) is 0 Å². The zero-order valence-electron chi connectivity index (χ0n) is 10.5. The lowest BCUT2D eigenvalue weighted by atomic mass is 10.0. The topological polar surface area (TPSA) is 32.3 Å². The van der Waals surface area contributed by atoms with E-state index in [1.807, 2.05) is 18.2 Å². The molecule has 18 heavy (non-hydrogen) atoms. The standard InChI is InChI=1S/C16H19NO/c18-16(11-17-10-12-5-6-12)15-8-7-13-3-1-2-4-14(13)9-15/h1-4,7-9,12,16-18H,5-6,10-11H2. The highest BCUT2D eigenvalue weighted by atomic mass is 16.3.